The molecule has 0 bridgehead atoms. The lowest BCUT2D eigenvalue weighted by Gasteiger charge is -2.26. The van der Waals surface area contributed by atoms with Crippen molar-refractivity contribution in [1.29, 1.82) is 0 Å². The lowest BCUT2D eigenvalue weighted by molar-refractivity contribution is -0.136. The second kappa shape index (κ2) is 6.54. The van der Waals surface area contributed by atoms with Crippen molar-refractivity contribution in [2.24, 2.45) is 5.92 Å². The molecule has 6 nitrogen and oxygen atoms in total. The number of carbonyl (C=O) groups excluding carboxylic acids is 2. The summed E-state index contributed by atoms with van der Waals surface area (Å²) in [6, 6.07) is 0.286. The number of likely N-dealkylation sites (N-methyl/N-ethyl adjacent to an activating group) is 2. The van der Waals surface area contributed by atoms with Crippen LogP contribution in [-0.4, -0.2) is 86.4 Å². The van der Waals surface area contributed by atoms with Crippen LogP contribution in [0, 0.1) is 5.92 Å². The van der Waals surface area contributed by atoms with Gasteiger partial charge in [-0.25, -0.2) is 0 Å². The minimum absolute atomic E-state index is 0.114. The van der Waals surface area contributed by atoms with Crippen molar-refractivity contribution in [1.82, 2.24) is 20.0 Å². The van der Waals surface area contributed by atoms with Gasteiger partial charge in [0.25, 0.3) is 0 Å². The molecule has 114 valence electrons. The number of nitrogens with zero attached hydrogens (tertiary/aromatic N) is 3. The maximum atomic E-state index is 12.5. The predicted molar refractivity (Wildman–Crippen MR) is 77.3 cm³/mol. The smallest absolute Gasteiger partial charge is 0.228 e. The van der Waals surface area contributed by atoms with Gasteiger partial charge in [0, 0.05) is 45.7 Å². The van der Waals surface area contributed by atoms with Crippen LogP contribution in [0.15, 0.2) is 0 Å². The van der Waals surface area contributed by atoms with Crippen LogP contribution >= 0.6 is 0 Å². The molecule has 0 radical (unpaired) electrons. The maximum absolute atomic E-state index is 12.5. The summed E-state index contributed by atoms with van der Waals surface area (Å²) in [5.41, 5.74) is 0. The molecule has 2 rings (SSSR count). The minimum atomic E-state index is -0.157. The molecule has 20 heavy (non-hydrogen) atoms. The van der Waals surface area contributed by atoms with Gasteiger partial charge in [-0.05, 0) is 27.1 Å². The van der Waals surface area contributed by atoms with Crippen LogP contribution in [0.25, 0.3) is 0 Å². The second-order valence-electron chi connectivity index (χ2n) is 6.14. The normalized spacial score (nSPS) is 26.6. The van der Waals surface area contributed by atoms with E-state index in [2.05, 4.69) is 10.2 Å². The standard InChI is InChI=1S/C14H26N4O2/c1-16(2)6-7-18-10-11(8-13(18)19)14(20)17(3)12-4-5-15-9-12/h11-12,15H,4-10H2,1-3H3. The molecule has 2 aliphatic rings. The summed E-state index contributed by atoms with van der Waals surface area (Å²) in [4.78, 5) is 30.2. The Bertz CT molecular complexity index is 366. The zero-order valence-electron chi connectivity index (χ0n) is 12.8. The highest BCUT2D eigenvalue weighted by Gasteiger charge is 2.37. The van der Waals surface area contributed by atoms with Gasteiger partial charge in [-0.15, -0.1) is 0 Å². The van der Waals surface area contributed by atoms with Gasteiger partial charge < -0.3 is 20.0 Å². The molecule has 0 spiro atoms. The largest absolute Gasteiger partial charge is 0.341 e. The van der Waals surface area contributed by atoms with Crippen LogP contribution in [0.2, 0.25) is 0 Å². The fourth-order valence-corrected chi connectivity index (χ4v) is 2.91. The fraction of sp³-hybridized carbons (Fsp3) is 0.857. The average molecular weight is 282 g/mol. The molecule has 2 amide bonds. The van der Waals surface area contributed by atoms with E-state index in [0.29, 0.717) is 19.5 Å². The molecule has 0 saturated carbocycles. The summed E-state index contributed by atoms with van der Waals surface area (Å²) < 4.78 is 0. The highest BCUT2D eigenvalue weighted by molar-refractivity contribution is 5.89. The van der Waals surface area contributed by atoms with Gasteiger partial charge in [0.15, 0.2) is 0 Å². The second-order valence-corrected chi connectivity index (χ2v) is 6.14. The van der Waals surface area contributed by atoms with Gasteiger partial charge in [-0.1, -0.05) is 0 Å². The van der Waals surface area contributed by atoms with Crippen LogP contribution in [-0.2, 0) is 9.59 Å². The number of nitrogens with one attached hydrogen (secondary N) is 1. The summed E-state index contributed by atoms with van der Waals surface area (Å²) in [7, 11) is 5.85. The molecule has 1 N–H and O–H groups in total. The third kappa shape index (κ3) is 3.49. The van der Waals surface area contributed by atoms with Crippen molar-refractivity contribution in [3.63, 3.8) is 0 Å². The van der Waals surface area contributed by atoms with Crippen molar-refractivity contribution in [2.75, 3.05) is 53.9 Å². The number of carbonyl (C=O) groups is 2. The van der Waals surface area contributed by atoms with E-state index < -0.39 is 0 Å². The highest BCUT2D eigenvalue weighted by Crippen LogP contribution is 2.21. The van der Waals surface area contributed by atoms with Crippen LogP contribution in [0.3, 0.4) is 0 Å². The van der Waals surface area contributed by atoms with Gasteiger partial charge in [0.2, 0.25) is 11.8 Å². The van der Waals surface area contributed by atoms with Crippen LogP contribution in [0.4, 0.5) is 0 Å². The first-order valence-electron chi connectivity index (χ1n) is 7.39. The first-order valence-corrected chi connectivity index (χ1v) is 7.39. The van der Waals surface area contributed by atoms with Crippen molar-refractivity contribution in [3.8, 4) is 0 Å². The van der Waals surface area contributed by atoms with Crippen molar-refractivity contribution >= 4 is 11.8 Å². The highest BCUT2D eigenvalue weighted by atomic mass is 16.2. The van der Waals surface area contributed by atoms with Gasteiger partial charge in [0.05, 0.1) is 5.92 Å². The molecule has 2 unspecified atom stereocenters. The molecular formula is C14H26N4O2. The van der Waals surface area contributed by atoms with Crippen LogP contribution in [0.5, 0.6) is 0 Å². The Balaban J connectivity index is 1.86. The molecular weight excluding hydrogens is 256 g/mol. The zero-order chi connectivity index (χ0) is 14.7. The van der Waals surface area contributed by atoms with Crippen molar-refractivity contribution in [3.05, 3.63) is 0 Å². The number of hydrogen-bond donors (Lipinski definition) is 1. The lowest BCUT2D eigenvalue weighted by Crippen LogP contribution is -2.42. The van der Waals surface area contributed by atoms with Crippen LogP contribution in [0.1, 0.15) is 12.8 Å². The van der Waals surface area contributed by atoms with Gasteiger partial charge in [0.1, 0.15) is 0 Å². The van der Waals surface area contributed by atoms with E-state index in [0.717, 1.165) is 26.1 Å². The monoisotopic (exact) mass is 282 g/mol. The van der Waals surface area contributed by atoms with E-state index in [-0.39, 0.29) is 23.8 Å². The van der Waals surface area contributed by atoms with E-state index in [4.69, 9.17) is 0 Å². The average Bonchev–Trinajstić information content (AvgIpc) is 3.04. The Morgan fingerprint density at radius 1 is 1.40 bits per heavy atom. The summed E-state index contributed by atoms with van der Waals surface area (Å²) >= 11 is 0. The number of likely N-dealkylation sites (tertiary alicyclic amines) is 1. The summed E-state index contributed by atoms with van der Waals surface area (Å²) in [6.07, 6.45) is 1.38. The van der Waals surface area contributed by atoms with Crippen molar-refractivity contribution in [2.45, 2.75) is 18.9 Å². The molecule has 0 aliphatic carbocycles. The first-order chi connectivity index (χ1) is 9.49. The third-order valence-corrected chi connectivity index (χ3v) is 4.31. The van der Waals surface area contributed by atoms with E-state index in [9.17, 15) is 9.59 Å². The minimum Gasteiger partial charge on any atom is -0.341 e. The predicted octanol–water partition coefficient (Wildman–Crippen LogP) is -0.783. The molecule has 2 atom stereocenters. The lowest BCUT2D eigenvalue weighted by atomic mass is 10.1. The van der Waals surface area contributed by atoms with Crippen molar-refractivity contribution < 1.29 is 9.59 Å². The van der Waals surface area contributed by atoms with Crippen LogP contribution < -0.4 is 5.32 Å². The number of rotatable bonds is 5. The Kier molecular flexibility index (Phi) is 4.99. The summed E-state index contributed by atoms with van der Waals surface area (Å²) in [5, 5.41) is 3.27. The molecule has 6 heteroatoms. The molecule has 2 saturated heterocycles. The topological polar surface area (TPSA) is 55.9 Å². The zero-order valence-corrected chi connectivity index (χ0v) is 12.8. The van der Waals surface area contributed by atoms with E-state index >= 15 is 0 Å². The molecule has 2 heterocycles. The van der Waals surface area contributed by atoms with Gasteiger partial charge in [-0.2, -0.15) is 0 Å². The quantitative estimate of drug-likeness (QED) is 0.718. The number of hydrogen-bond acceptors (Lipinski definition) is 4. The Morgan fingerprint density at radius 3 is 2.75 bits per heavy atom. The SMILES string of the molecule is CN(C)CCN1CC(C(=O)N(C)C2CCNC2)CC1=O. The fourth-order valence-electron chi connectivity index (χ4n) is 2.91. The first kappa shape index (κ1) is 15.3. The van der Waals surface area contributed by atoms with E-state index in [1.165, 1.54) is 0 Å². The van der Waals surface area contributed by atoms with Gasteiger partial charge in [-0.3, -0.25) is 9.59 Å². The molecule has 2 aliphatic heterocycles. The summed E-state index contributed by atoms with van der Waals surface area (Å²) in [6.45, 7) is 3.98. The van der Waals surface area contributed by atoms with Gasteiger partial charge >= 0.3 is 0 Å². The molecule has 2 fully saturated rings. The summed E-state index contributed by atoms with van der Waals surface area (Å²) in [5.74, 6) is 0.0813. The Hall–Kier alpha value is -1.14. The Labute approximate surface area is 121 Å². The molecule has 0 aromatic carbocycles. The Morgan fingerprint density at radius 2 is 2.15 bits per heavy atom. The number of amides is 2. The molecule has 0 aromatic rings. The molecule has 0 aromatic heterocycles. The third-order valence-electron chi connectivity index (χ3n) is 4.31. The van der Waals surface area contributed by atoms with E-state index in [1.54, 1.807) is 0 Å². The maximum Gasteiger partial charge on any atom is 0.228 e. The van der Waals surface area contributed by atoms with E-state index in [1.807, 2.05) is 30.9 Å².